The summed E-state index contributed by atoms with van der Waals surface area (Å²) in [5.41, 5.74) is 4.89. The van der Waals surface area contributed by atoms with E-state index in [9.17, 15) is 4.39 Å². The van der Waals surface area contributed by atoms with Gasteiger partial charge >= 0.3 is 0 Å². The molecule has 0 aromatic heterocycles. The Morgan fingerprint density at radius 1 is 0.963 bits per heavy atom. The summed E-state index contributed by atoms with van der Waals surface area (Å²) in [7, 11) is 0. The lowest BCUT2D eigenvalue weighted by molar-refractivity contribution is 0.299. The number of halogens is 1. The van der Waals surface area contributed by atoms with Crippen LogP contribution in [0.3, 0.4) is 0 Å². The Hall–Kier alpha value is -3.25. The van der Waals surface area contributed by atoms with Crippen molar-refractivity contribution in [3.05, 3.63) is 95.8 Å². The summed E-state index contributed by atoms with van der Waals surface area (Å²) in [6, 6.07) is 23.5. The Kier molecular flexibility index (Phi) is 6.49. The van der Waals surface area contributed by atoms with Crippen LogP contribution in [0.15, 0.2) is 84.0 Å². The van der Waals surface area contributed by atoms with E-state index in [1.165, 1.54) is 6.07 Å². The highest BCUT2D eigenvalue weighted by Crippen LogP contribution is 2.18. The molecule has 0 radical (unpaired) electrons. The number of hydrogen-bond donors (Lipinski definition) is 2. The van der Waals surface area contributed by atoms with E-state index < -0.39 is 0 Å². The first-order chi connectivity index (χ1) is 13.2. The fourth-order valence-corrected chi connectivity index (χ4v) is 2.50. The highest BCUT2D eigenvalue weighted by molar-refractivity contribution is 7.80. The van der Waals surface area contributed by atoms with Crippen molar-refractivity contribution in [2.45, 2.75) is 6.61 Å². The Balaban J connectivity index is 1.59. The number of nitrogens with one attached hydrogen (secondary N) is 2. The molecular formula is C21H18FN3OS. The van der Waals surface area contributed by atoms with Crippen molar-refractivity contribution in [3.8, 4) is 5.75 Å². The number of para-hydroxylation sites is 2. The predicted molar refractivity (Wildman–Crippen MR) is 111 cm³/mol. The van der Waals surface area contributed by atoms with Gasteiger partial charge in [0.05, 0.1) is 6.21 Å². The van der Waals surface area contributed by atoms with E-state index in [4.69, 9.17) is 17.0 Å². The Labute approximate surface area is 162 Å². The Bertz CT molecular complexity index is 931. The van der Waals surface area contributed by atoms with Gasteiger partial charge in [0.15, 0.2) is 5.11 Å². The minimum Gasteiger partial charge on any atom is -0.488 e. The summed E-state index contributed by atoms with van der Waals surface area (Å²) in [5.74, 6) is 0.316. The molecule has 2 N–H and O–H groups in total. The molecule has 6 heteroatoms. The summed E-state index contributed by atoms with van der Waals surface area (Å²) < 4.78 is 19.5. The van der Waals surface area contributed by atoms with Crippen molar-refractivity contribution in [2.24, 2.45) is 5.10 Å². The highest BCUT2D eigenvalue weighted by Gasteiger charge is 2.04. The normalized spacial score (nSPS) is 10.6. The van der Waals surface area contributed by atoms with Gasteiger partial charge in [0, 0.05) is 16.8 Å². The topological polar surface area (TPSA) is 45.6 Å². The smallest absolute Gasteiger partial charge is 0.191 e. The zero-order valence-corrected chi connectivity index (χ0v) is 15.2. The number of ether oxygens (including phenoxy) is 1. The second-order valence-electron chi connectivity index (χ2n) is 5.61. The van der Waals surface area contributed by atoms with Crippen LogP contribution in [0.25, 0.3) is 0 Å². The van der Waals surface area contributed by atoms with Crippen LogP contribution < -0.4 is 15.5 Å². The van der Waals surface area contributed by atoms with Crippen LogP contribution in [-0.2, 0) is 6.61 Å². The molecule has 0 amide bonds. The van der Waals surface area contributed by atoms with Gasteiger partial charge in [-0.05, 0) is 42.5 Å². The lowest BCUT2D eigenvalue weighted by Crippen LogP contribution is -2.23. The maximum Gasteiger partial charge on any atom is 0.191 e. The van der Waals surface area contributed by atoms with Crippen LogP contribution in [0.1, 0.15) is 11.1 Å². The Morgan fingerprint density at radius 3 is 2.48 bits per heavy atom. The highest BCUT2D eigenvalue weighted by atomic mass is 32.1. The summed E-state index contributed by atoms with van der Waals surface area (Å²) in [6.07, 6.45) is 1.61. The minimum atomic E-state index is -0.289. The van der Waals surface area contributed by atoms with Crippen molar-refractivity contribution in [2.75, 3.05) is 5.32 Å². The SMILES string of the molecule is Fc1ccccc1COc1ccccc1C=NNC(=S)Nc1ccccc1. The predicted octanol–water partition coefficient (Wildman–Crippen LogP) is 4.73. The quantitative estimate of drug-likeness (QED) is 0.369. The lowest BCUT2D eigenvalue weighted by Gasteiger charge is -2.10. The molecule has 0 aliphatic rings. The number of hydrogen-bond acceptors (Lipinski definition) is 3. The molecular weight excluding hydrogens is 361 g/mol. The molecule has 0 bridgehead atoms. The molecule has 136 valence electrons. The van der Waals surface area contributed by atoms with Crippen LogP contribution in [-0.4, -0.2) is 11.3 Å². The molecule has 0 aliphatic carbocycles. The monoisotopic (exact) mass is 379 g/mol. The van der Waals surface area contributed by atoms with Crippen LogP contribution in [0.2, 0.25) is 0 Å². The van der Waals surface area contributed by atoms with E-state index in [2.05, 4.69) is 15.8 Å². The number of anilines is 1. The molecule has 0 unspecified atom stereocenters. The van der Waals surface area contributed by atoms with Crippen molar-refractivity contribution in [1.29, 1.82) is 0 Å². The average molecular weight is 379 g/mol. The first-order valence-electron chi connectivity index (χ1n) is 8.33. The molecule has 0 spiro atoms. The van der Waals surface area contributed by atoms with Crippen molar-refractivity contribution >= 4 is 29.2 Å². The largest absolute Gasteiger partial charge is 0.488 e. The van der Waals surface area contributed by atoms with Gasteiger partial charge in [-0.2, -0.15) is 5.10 Å². The van der Waals surface area contributed by atoms with Crippen molar-refractivity contribution < 1.29 is 9.13 Å². The molecule has 27 heavy (non-hydrogen) atoms. The second-order valence-corrected chi connectivity index (χ2v) is 6.02. The van der Waals surface area contributed by atoms with Gasteiger partial charge in [0.2, 0.25) is 0 Å². The van der Waals surface area contributed by atoms with Crippen LogP contribution in [0.5, 0.6) is 5.75 Å². The number of hydrazone groups is 1. The van der Waals surface area contributed by atoms with E-state index in [0.29, 0.717) is 16.4 Å². The molecule has 0 heterocycles. The second kappa shape index (κ2) is 9.45. The number of rotatable bonds is 6. The third-order valence-corrected chi connectivity index (χ3v) is 3.85. The third-order valence-electron chi connectivity index (χ3n) is 3.66. The molecule has 3 aromatic carbocycles. The fourth-order valence-electron chi connectivity index (χ4n) is 2.33. The zero-order chi connectivity index (χ0) is 18.9. The van der Waals surface area contributed by atoms with Crippen LogP contribution in [0.4, 0.5) is 10.1 Å². The molecule has 3 rings (SSSR count). The number of thiocarbonyl (C=S) groups is 1. The average Bonchev–Trinajstić information content (AvgIpc) is 2.69. The van der Waals surface area contributed by atoms with Crippen LogP contribution >= 0.6 is 12.2 Å². The van der Waals surface area contributed by atoms with Crippen LogP contribution in [0, 0.1) is 5.82 Å². The fraction of sp³-hybridized carbons (Fsp3) is 0.0476. The number of benzene rings is 3. The zero-order valence-electron chi connectivity index (χ0n) is 14.4. The summed E-state index contributed by atoms with van der Waals surface area (Å²) >= 11 is 5.20. The van der Waals surface area contributed by atoms with Gasteiger partial charge in [-0.25, -0.2) is 4.39 Å². The Morgan fingerprint density at radius 2 is 1.67 bits per heavy atom. The third kappa shape index (κ3) is 5.62. The molecule has 0 atom stereocenters. The van der Waals surface area contributed by atoms with Gasteiger partial charge in [-0.15, -0.1) is 0 Å². The molecule has 0 aliphatic heterocycles. The van der Waals surface area contributed by atoms with Gasteiger partial charge in [0.25, 0.3) is 0 Å². The first kappa shape index (κ1) is 18.5. The summed E-state index contributed by atoms with van der Waals surface area (Å²) in [5, 5.41) is 7.54. The van der Waals surface area contributed by atoms with E-state index >= 15 is 0 Å². The molecule has 0 saturated heterocycles. The van der Waals surface area contributed by atoms with E-state index in [1.54, 1.807) is 24.4 Å². The minimum absolute atomic E-state index is 0.138. The number of nitrogens with zero attached hydrogens (tertiary/aromatic N) is 1. The van der Waals surface area contributed by atoms with E-state index in [-0.39, 0.29) is 12.4 Å². The van der Waals surface area contributed by atoms with E-state index in [0.717, 1.165) is 11.3 Å². The molecule has 4 nitrogen and oxygen atoms in total. The van der Waals surface area contributed by atoms with E-state index in [1.807, 2.05) is 54.6 Å². The molecule has 0 saturated carbocycles. The standard InChI is InChI=1S/C21H18FN3OS/c22-19-12-6-4-9-17(19)15-26-20-13-7-5-8-16(20)14-23-25-21(27)24-18-10-2-1-3-11-18/h1-14H,15H2,(H2,24,25,27). The van der Waals surface area contributed by atoms with Crippen molar-refractivity contribution in [3.63, 3.8) is 0 Å². The lowest BCUT2D eigenvalue weighted by atomic mass is 10.2. The maximum absolute atomic E-state index is 13.7. The molecule has 0 fully saturated rings. The summed E-state index contributed by atoms with van der Waals surface area (Å²) in [6.45, 7) is 0.138. The van der Waals surface area contributed by atoms with Crippen molar-refractivity contribution in [1.82, 2.24) is 5.43 Å². The van der Waals surface area contributed by atoms with Gasteiger partial charge in [0.1, 0.15) is 18.2 Å². The molecule has 3 aromatic rings. The summed E-state index contributed by atoms with van der Waals surface area (Å²) in [4.78, 5) is 0. The van der Waals surface area contributed by atoms with Gasteiger partial charge < -0.3 is 10.1 Å². The first-order valence-corrected chi connectivity index (χ1v) is 8.73. The van der Waals surface area contributed by atoms with Gasteiger partial charge in [-0.3, -0.25) is 5.43 Å². The van der Waals surface area contributed by atoms with Gasteiger partial charge in [-0.1, -0.05) is 48.5 Å². The maximum atomic E-state index is 13.7.